The van der Waals surface area contributed by atoms with Gasteiger partial charge in [0.2, 0.25) is 5.91 Å². The van der Waals surface area contributed by atoms with Crippen molar-refractivity contribution in [1.29, 1.82) is 0 Å². The van der Waals surface area contributed by atoms with Gasteiger partial charge in [-0.3, -0.25) is 4.79 Å². The zero-order chi connectivity index (χ0) is 12.3. The summed E-state index contributed by atoms with van der Waals surface area (Å²) in [7, 11) is 0. The van der Waals surface area contributed by atoms with Crippen LogP contribution in [0.15, 0.2) is 24.3 Å². The highest BCUT2D eigenvalue weighted by molar-refractivity contribution is 5.93. The second kappa shape index (κ2) is 5.03. The molecular formula is C14H15NO2. The van der Waals surface area contributed by atoms with E-state index in [0.29, 0.717) is 6.61 Å². The lowest BCUT2D eigenvalue weighted by molar-refractivity contribution is -0.119. The molecule has 1 aliphatic rings. The van der Waals surface area contributed by atoms with Crippen LogP contribution >= 0.6 is 0 Å². The Morgan fingerprint density at radius 3 is 3.06 bits per heavy atom. The van der Waals surface area contributed by atoms with Gasteiger partial charge in [-0.1, -0.05) is 12.0 Å². The van der Waals surface area contributed by atoms with Gasteiger partial charge >= 0.3 is 0 Å². The molecule has 0 aromatic heterocycles. The minimum atomic E-state index is -0.0560. The maximum absolute atomic E-state index is 11.9. The van der Waals surface area contributed by atoms with E-state index in [1.165, 1.54) is 0 Å². The van der Waals surface area contributed by atoms with Gasteiger partial charge in [-0.25, -0.2) is 0 Å². The van der Waals surface area contributed by atoms with Crippen LogP contribution in [0.25, 0.3) is 0 Å². The highest BCUT2D eigenvalue weighted by atomic mass is 16.5. The first-order chi connectivity index (χ1) is 8.19. The van der Waals surface area contributed by atoms with Gasteiger partial charge in [-0.2, -0.15) is 0 Å². The standard InChI is InChI=1S/C14H15NO2/c1-3-11-5-4-6-13(8-11)15-14(16)12-7-10(2)17-9-12/h1,4-6,8,10,12H,7,9H2,2H3,(H,15,16). The van der Waals surface area contributed by atoms with Gasteiger partial charge in [0.25, 0.3) is 0 Å². The Labute approximate surface area is 101 Å². The summed E-state index contributed by atoms with van der Waals surface area (Å²) in [5, 5.41) is 2.86. The molecule has 0 saturated carbocycles. The predicted molar refractivity (Wildman–Crippen MR) is 66.5 cm³/mol. The first-order valence-electron chi connectivity index (χ1n) is 5.68. The second-order valence-electron chi connectivity index (χ2n) is 4.29. The molecule has 0 spiro atoms. The Morgan fingerprint density at radius 1 is 1.59 bits per heavy atom. The Hall–Kier alpha value is -1.79. The summed E-state index contributed by atoms with van der Waals surface area (Å²) in [6.45, 7) is 2.48. The maximum atomic E-state index is 11.9. The van der Waals surface area contributed by atoms with Crippen LogP contribution < -0.4 is 5.32 Å². The zero-order valence-corrected chi connectivity index (χ0v) is 9.77. The Morgan fingerprint density at radius 2 is 2.41 bits per heavy atom. The molecule has 0 aliphatic carbocycles. The van der Waals surface area contributed by atoms with Crippen LogP contribution in [0.3, 0.4) is 0 Å². The topological polar surface area (TPSA) is 38.3 Å². The van der Waals surface area contributed by atoms with Gasteiger partial charge in [-0.15, -0.1) is 6.42 Å². The van der Waals surface area contributed by atoms with E-state index in [9.17, 15) is 4.79 Å². The number of hydrogen-bond acceptors (Lipinski definition) is 2. The fraction of sp³-hybridized carbons (Fsp3) is 0.357. The number of benzene rings is 1. The fourth-order valence-electron chi connectivity index (χ4n) is 1.93. The Balaban J connectivity index is 2.01. The van der Waals surface area contributed by atoms with E-state index in [0.717, 1.165) is 17.7 Å². The molecule has 1 aliphatic heterocycles. The molecule has 17 heavy (non-hydrogen) atoms. The van der Waals surface area contributed by atoms with Crippen molar-refractivity contribution in [1.82, 2.24) is 0 Å². The molecule has 0 bridgehead atoms. The molecule has 1 amide bonds. The molecule has 3 heteroatoms. The third-order valence-corrected chi connectivity index (χ3v) is 2.87. The van der Waals surface area contributed by atoms with Crippen LogP contribution in [0.2, 0.25) is 0 Å². The Bertz CT molecular complexity index is 462. The van der Waals surface area contributed by atoms with Crippen molar-refractivity contribution in [2.75, 3.05) is 11.9 Å². The van der Waals surface area contributed by atoms with Crippen molar-refractivity contribution in [2.24, 2.45) is 5.92 Å². The van der Waals surface area contributed by atoms with Gasteiger partial charge in [0.05, 0.1) is 18.6 Å². The average molecular weight is 229 g/mol. The summed E-state index contributed by atoms with van der Waals surface area (Å²) < 4.78 is 5.38. The molecule has 1 aromatic carbocycles. The number of carbonyl (C=O) groups is 1. The SMILES string of the molecule is C#Cc1cccc(NC(=O)C2COC(C)C2)c1. The summed E-state index contributed by atoms with van der Waals surface area (Å²) in [5.41, 5.74) is 1.50. The minimum Gasteiger partial charge on any atom is -0.378 e. The van der Waals surface area contributed by atoms with Crippen LogP contribution in [-0.4, -0.2) is 18.6 Å². The number of ether oxygens (including phenoxy) is 1. The van der Waals surface area contributed by atoms with E-state index in [-0.39, 0.29) is 17.9 Å². The molecule has 1 heterocycles. The molecule has 88 valence electrons. The summed E-state index contributed by atoms with van der Waals surface area (Å²) >= 11 is 0. The molecule has 2 unspecified atom stereocenters. The number of hydrogen-bond donors (Lipinski definition) is 1. The first kappa shape index (κ1) is 11.7. The highest BCUT2D eigenvalue weighted by Gasteiger charge is 2.28. The van der Waals surface area contributed by atoms with Crippen molar-refractivity contribution in [2.45, 2.75) is 19.4 Å². The predicted octanol–water partition coefficient (Wildman–Crippen LogP) is 2.03. The number of carbonyl (C=O) groups excluding carboxylic acids is 1. The van der Waals surface area contributed by atoms with Crippen molar-refractivity contribution in [3.8, 4) is 12.3 Å². The van der Waals surface area contributed by atoms with Gasteiger partial charge in [0.1, 0.15) is 0 Å². The van der Waals surface area contributed by atoms with Gasteiger partial charge in [-0.05, 0) is 31.5 Å². The highest BCUT2D eigenvalue weighted by Crippen LogP contribution is 2.21. The smallest absolute Gasteiger partial charge is 0.229 e. The molecule has 2 rings (SSSR count). The zero-order valence-electron chi connectivity index (χ0n) is 9.77. The van der Waals surface area contributed by atoms with E-state index in [4.69, 9.17) is 11.2 Å². The molecule has 3 nitrogen and oxygen atoms in total. The van der Waals surface area contributed by atoms with Crippen molar-refractivity contribution in [3.05, 3.63) is 29.8 Å². The van der Waals surface area contributed by atoms with Crippen LogP contribution in [0.5, 0.6) is 0 Å². The largest absolute Gasteiger partial charge is 0.378 e. The monoisotopic (exact) mass is 229 g/mol. The van der Waals surface area contributed by atoms with Crippen molar-refractivity contribution in [3.63, 3.8) is 0 Å². The number of anilines is 1. The third-order valence-electron chi connectivity index (χ3n) is 2.87. The van der Waals surface area contributed by atoms with Crippen molar-refractivity contribution < 1.29 is 9.53 Å². The van der Waals surface area contributed by atoms with Crippen LogP contribution in [0.1, 0.15) is 18.9 Å². The van der Waals surface area contributed by atoms with E-state index in [1.807, 2.05) is 25.1 Å². The summed E-state index contributed by atoms with van der Waals surface area (Å²) in [6, 6.07) is 7.28. The lowest BCUT2D eigenvalue weighted by Crippen LogP contribution is -2.23. The Kier molecular flexibility index (Phi) is 3.46. The van der Waals surface area contributed by atoms with Crippen LogP contribution in [0.4, 0.5) is 5.69 Å². The summed E-state index contributed by atoms with van der Waals surface area (Å²) in [5.74, 6) is 2.49. The second-order valence-corrected chi connectivity index (χ2v) is 4.29. The van der Waals surface area contributed by atoms with Crippen LogP contribution in [-0.2, 0) is 9.53 Å². The van der Waals surface area contributed by atoms with E-state index >= 15 is 0 Å². The number of nitrogens with one attached hydrogen (secondary N) is 1. The van der Waals surface area contributed by atoms with E-state index in [1.54, 1.807) is 6.07 Å². The maximum Gasteiger partial charge on any atom is 0.229 e. The quantitative estimate of drug-likeness (QED) is 0.788. The summed E-state index contributed by atoms with van der Waals surface area (Å²) in [6.07, 6.45) is 6.25. The lowest BCUT2D eigenvalue weighted by Gasteiger charge is -2.09. The molecule has 1 N–H and O–H groups in total. The molecular weight excluding hydrogens is 214 g/mol. The molecule has 1 aromatic rings. The van der Waals surface area contributed by atoms with Crippen molar-refractivity contribution >= 4 is 11.6 Å². The number of rotatable bonds is 2. The third kappa shape index (κ3) is 2.86. The van der Waals surface area contributed by atoms with Gasteiger partial charge in [0.15, 0.2) is 0 Å². The fourth-order valence-corrected chi connectivity index (χ4v) is 1.93. The first-order valence-corrected chi connectivity index (χ1v) is 5.68. The normalized spacial score (nSPS) is 23.1. The lowest BCUT2D eigenvalue weighted by atomic mass is 10.1. The molecule has 2 atom stereocenters. The molecule has 1 saturated heterocycles. The molecule has 0 radical (unpaired) electrons. The van der Waals surface area contributed by atoms with Gasteiger partial charge in [0, 0.05) is 11.3 Å². The average Bonchev–Trinajstić information content (AvgIpc) is 2.76. The van der Waals surface area contributed by atoms with Gasteiger partial charge < -0.3 is 10.1 Å². The van der Waals surface area contributed by atoms with E-state index in [2.05, 4.69) is 11.2 Å². The number of amides is 1. The molecule has 1 fully saturated rings. The summed E-state index contributed by atoms with van der Waals surface area (Å²) in [4.78, 5) is 11.9. The van der Waals surface area contributed by atoms with E-state index < -0.39 is 0 Å². The minimum absolute atomic E-state index is 0.00326. The van der Waals surface area contributed by atoms with Crippen LogP contribution in [0, 0.1) is 18.3 Å². The number of terminal acetylenes is 1.